The van der Waals surface area contributed by atoms with Crippen LogP contribution in [0.4, 0.5) is 0 Å². The van der Waals surface area contributed by atoms with Gasteiger partial charge in [-0.15, -0.1) is 0 Å². The van der Waals surface area contributed by atoms with Crippen LogP contribution in [0, 0.1) is 0 Å². The predicted molar refractivity (Wildman–Crippen MR) is 49.4 cm³/mol. The van der Waals surface area contributed by atoms with Gasteiger partial charge in [-0.25, -0.2) is 0 Å². The molecule has 1 aromatic carbocycles. The third-order valence-corrected chi connectivity index (χ3v) is 2.69. The lowest BCUT2D eigenvalue weighted by molar-refractivity contribution is 0.301. The highest BCUT2D eigenvalue weighted by Crippen LogP contribution is 2.41. The molecular formula is C10H11ClO. The fourth-order valence-corrected chi connectivity index (χ4v) is 1.54. The van der Waals surface area contributed by atoms with E-state index in [4.69, 9.17) is 16.3 Å². The highest BCUT2D eigenvalue weighted by atomic mass is 35.5. The zero-order valence-corrected chi connectivity index (χ0v) is 7.77. The predicted octanol–water partition coefficient (Wildman–Crippen LogP) is 2.98. The van der Waals surface area contributed by atoms with Crippen LogP contribution in [0.25, 0.3) is 0 Å². The summed E-state index contributed by atoms with van der Waals surface area (Å²) in [6, 6.07) is 7.91. The molecule has 1 atom stereocenters. The van der Waals surface area contributed by atoms with E-state index in [1.54, 1.807) is 0 Å². The minimum absolute atomic E-state index is 0.0184. The van der Waals surface area contributed by atoms with Crippen LogP contribution in [-0.4, -0.2) is 6.61 Å². The van der Waals surface area contributed by atoms with Gasteiger partial charge in [0.1, 0.15) is 5.60 Å². The highest BCUT2D eigenvalue weighted by Gasteiger charge is 2.44. The van der Waals surface area contributed by atoms with E-state index in [0.717, 1.165) is 18.1 Å². The highest BCUT2D eigenvalue weighted by molar-refractivity contribution is 6.30. The Balaban J connectivity index is 2.29. The second-order valence-electron chi connectivity index (χ2n) is 3.14. The lowest BCUT2D eigenvalue weighted by Crippen LogP contribution is -2.05. The Morgan fingerprint density at radius 3 is 2.42 bits per heavy atom. The quantitative estimate of drug-likeness (QED) is 0.641. The lowest BCUT2D eigenvalue weighted by Gasteiger charge is -2.08. The van der Waals surface area contributed by atoms with Crippen molar-refractivity contribution in [1.29, 1.82) is 0 Å². The summed E-state index contributed by atoms with van der Waals surface area (Å²) < 4.78 is 5.43. The molecule has 0 radical (unpaired) electrons. The molecule has 1 aromatic rings. The van der Waals surface area contributed by atoms with Gasteiger partial charge in [0.15, 0.2) is 0 Å². The summed E-state index contributed by atoms with van der Waals surface area (Å²) >= 11 is 5.78. The number of hydrogen-bond acceptors (Lipinski definition) is 1. The van der Waals surface area contributed by atoms with Crippen LogP contribution in [0.3, 0.4) is 0 Å². The van der Waals surface area contributed by atoms with Gasteiger partial charge in [0.05, 0.1) is 6.61 Å². The minimum atomic E-state index is 0.0184. The van der Waals surface area contributed by atoms with Gasteiger partial charge in [-0.3, -0.25) is 0 Å². The average molecular weight is 183 g/mol. The smallest absolute Gasteiger partial charge is 0.116 e. The van der Waals surface area contributed by atoms with Crippen molar-refractivity contribution in [2.24, 2.45) is 0 Å². The fourth-order valence-electron chi connectivity index (χ4n) is 1.42. The molecule has 0 bridgehead atoms. The SMILES string of the molecule is CCC1(c2ccc(Cl)cc2)CO1. The number of halogens is 1. The van der Waals surface area contributed by atoms with Gasteiger partial charge in [0.25, 0.3) is 0 Å². The number of hydrogen-bond donors (Lipinski definition) is 0. The average Bonchev–Trinajstić information content (AvgIpc) is 2.86. The van der Waals surface area contributed by atoms with E-state index in [-0.39, 0.29) is 5.60 Å². The van der Waals surface area contributed by atoms with Gasteiger partial charge in [-0.05, 0) is 24.1 Å². The van der Waals surface area contributed by atoms with Crippen LogP contribution in [0.1, 0.15) is 18.9 Å². The maximum absolute atomic E-state index is 5.78. The van der Waals surface area contributed by atoms with E-state index < -0.39 is 0 Å². The van der Waals surface area contributed by atoms with Crippen LogP contribution in [0.15, 0.2) is 24.3 Å². The zero-order chi connectivity index (χ0) is 8.60. The van der Waals surface area contributed by atoms with E-state index >= 15 is 0 Å². The van der Waals surface area contributed by atoms with Crippen LogP contribution < -0.4 is 0 Å². The van der Waals surface area contributed by atoms with E-state index in [1.165, 1.54) is 5.56 Å². The Kier molecular flexibility index (Phi) is 1.85. The Hall–Kier alpha value is -0.530. The Morgan fingerprint density at radius 2 is 2.00 bits per heavy atom. The van der Waals surface area contributed by atoms with Gasteiger partial charge >= 0.3 is 0 Å². The summed E-state index contributed by atoms with van der Waals surface area (Å²) in [6.45, 7) is 2.99. The van der Waals surface area contributed by atoms with Crippen molar-refractivity contribution in [3.05, 3.63) is 34.9 Å². The first-order valence-electron chi connectivity index (χ1n) is 4.17. The van der Waals surface area contributed by atoms with Crippen molar-refractivity contribution in [3.8, 4) is 0 Å². The van der Waals surface area contributed by atoms with Crippen molar-refractivity contribution < 1.29 is 4.74 Å². The second-order valence-corrected chi connectivity index (χ2v) is 3.58. The summed E-state index contributed by atoms with van der Waals surface area (Å²) in [5.74, 6) is 0. The van der Waals surface area contributed by atoms with Crippen molar-refractivity contribution in [3.63, 3.8) is 0 Å². The molecule has 0 N–H and O–H groups in total. The number of epoxide rings is 1. The third-order valence-electron chi connectivity index (χ3n) is 2.43. The molecule has 1 aliphatic heterocycles. The molecule has 2 rings (SSSR count). The monoisotopic (exact) mass is 182 g/mol. The normalized spacial score (nSPS) is 27.2. The van der Waals surface area contributed by atoms with Crippen molar-refractivity contribution >= 4 is 11.6 Å². The van der Waals surface area contributed by atoms with E-state index in [9.17, 15) is 0 Å². The molecule has 0 aromatic heterocycles. The van der Waals surface area contributed by atoms with Crippen molar-refractivity contribution in [2.45, 2.75) is 18.9 Å². The molecule has 2 heteroatoms. The summed E-state index contributed by atoms with van der Waals surface area (Å²) in [5.41, 5.74) is 1.26. The van der Waals surface area contributed by atoms with Crippen LogP contribution in [0.5, 0.6) is 0 Å². The maximum atomic E-state index is 5.78. The number of benzene rings is 1. The maximum Gasteiger partial charge on any atom is 0.116 e. The first-order chi connectivity index (χ1) is 5.77. The number of rotatable bonds is 2. The van der Waals surface area contributed by atoms with E-state index in [2.05, 4.69) is 6.92 Å². The molecule has 12 heavy (non-hydrogen) atoms. The van der Waals surface area contributed by atoms with Crippen LogP contribution in [-0.2, 0) is 10.3 Å². The molecule has 1 heterocycles. The molecule has 64 valence electrons. The molecular weight excluding hydrogens is 172 g/mol. The molecule has 0 saturated carbocycles. The Morgan fingerprint density at radius 1 is 1.42 bits per heavy atom. The molecule has 0 amide bonds. The van der Waals surface area contributed by atoms with Crippen LogP contribution in [0.2, 0.25) is 5.02 Å². The van der Waals surface area contributed by atoms with Crippen molar-refractivity contribution in [2.75, 3.05) is 6.61 Å². The van der Waals surface area contributed by atoms with E-state index in [0.29, 0.717) is 0 Å². The van der Waals surface area contributed by atoms with Gasteiger partial charge in [-0.1, -0.05) is 30.7 Å². The van der Waals surface area contributed by atoms with Crippen LogP contribution >= 0.6 is 11.6 Å². The Bertz CT molecular complexity index is 274. The molecule has 1 fully saturated rings. The summed E-state index contributed by atoms with van der Waals surface area (Å²) in [7, 11) is 0. The minimum Gasteiger partial charge on any atom is -0.365 e. The standard InChI is InChI=1S/C10H11ClO/c1-2-10(7-12-10)8-3-5-9(11)6-4-8/h3-6H,2,7H2,1H3. The summed E-state index contributed by atoms with van der Waals surface area (Å²) in [4.78, 5) is 0. The third kappa shape index (κ3) is 1.23. The van der Waals surface area contributed by atoms with E-state index in [1.807, 2.05) is 24.3 Å². The van der Waals surface area contributed by atoms with Gasteiger partial charge in [0, 0.05) is 5.02 Å². The topological polar surface area (TPSA) is 12.5 Å². The fraction of sp³-hybridized carbons (Fsp3) is 0.400. The largest absolute Gasteiger partial charge is 0.365 e. The molecule has 1 nitrogen and oxygen atoms in total. The van der Waals surface area contributed by atoms with Crippen molar-refractivity contribution in [1.82, 2.24) is 0 Å². The van der Waals surface area contributed by atoms with Gasteiger partial charge < -0.3 is 4.74 Å². The second kappa shape index (κ2) is 2.75. The summed E-state index contributed by atoms with van der Waals surface area (Å²) in [6.07, 6.45) is 1.04. The molecule has 1 aliphatic rings. The Labute approximate surface area is 77.3 Å². The first kappa shape index (κ1) is 8.09. The van der Waals surface area contributed by atoms with Gasteiger partial charge in [-0.2, -0.15) is 0 Å². The summed E-state index contributed by atoms with van der Waals surface area (Å²) in [5, 5.41) is 0.783. The lowest BCUT2D eigenvalue weighted by atomic mass is 9.98. The number of ether oxygens (including phenoxy) is 1. The molecule has 0 aliphatic carbocycles. The molecule has 1 saturated heterocycles. The molecule has 1 unspecified atom stereocenters. The molecule has 0 spiro atoms. The van der Waals surface area contributed by atoms with Gasteiger partial charge in [0.2, 0.25) is 0 Å². The first-order valence-corrected chi connectivity index (χ1v) is 4.55. The zero-order valence-electron chi connectivity index (χ0n) is 7.01.